The molecular formula is C12H20N2OS. The Bertz CT molecular complexity index is 334. The number of amides is 1. The van der Waals surface area contributed by atoms with Crippen molar-refractivity contribution in [2.75, 3.05) is 12.3 Å². The highest BCUT2D eigenvalue weighted by molar-refractivity contribution is 7.12. The smallest absolute Gasteiger partial charge is 0.263 e. The van der Waals surface area contributed by atoms with Gasteiger partial charge < -0.3 is 11.1 Å². The predicted molar refractivity (Wildman–Crippen MR) is 69.8 cm³/mol. The fourth-order valence-electron chi connectivity index (χ4n) is 1.46. The summed E-state index contributed by atoms with van der Waals surface area (Å²) in [5, 5.41) is 4.73. The molecule has 16 heavy (non-hydrogen) atoms. The maximum atomic E-state index is 11.6. The lowest BCUT2D eigenvalue weighted by atomic mass is 10.1. The zero-order chi connectivity index (χ0) is 12.0. The van der Waals surface area contributed by atoms with Gasteiger partial charge in [0.15, 0.2) is 0 Å². The van der Waals surface area contributed by atoms with Gasteiger partial charge in [-0.05, 0) is 23.8 Å². The van der Waals surface area contributed by atoms with Crippen molar-refractivity contribution in [2.24, 2.45) is 5.92 Å². The molecular weight excluding hydrogens is 220 g/mol. The van der Waals surface area contributed by atoms with Crippen LogP contribution in [0.25, 0.3) is 0 Å². The van der Waals surface area contributed by atoms with Gasteiger partial charge in [-0.2, -0.15) is 0 Å². The van der Waals surface area contributed by atoms with Gasteiger partial charge in [-0.25, -0.2) is 0 Å². The third kappa shape index (κ3) is 4.23. The molecule has 90 valence electrons. The zero-order valence-corrected chi connectivity index (χ0v) is 10.8. The third-order valence-corrected chi connectivity index (χ3v) is 3.32. The van der Waals surface area contributed by atoms with Gasteiger partial charge in [0.05, 0.1) is 5.69 Å². The van der Waals surface area contributed by atoms with Crippen molar-refractivity contribution < 1.29 is 4.79 Å². The van der Waals surface area contributed by atoms with Crippen molar-refractivity contribution in [3.05, 3.63) is 16.3 Å². The van der Waals surface area contributed by atoms with E-state index in [1.54, 1.807) is 6.07 Å². The van der Waals surface area contributed by atoms with Gasteiger partial charge in [0, 0.05) is 6.54 Å². The van der Waals surface area contributed by atoms with Gasteiger partial charge in [-0.15, -0.1) is 11.3 Å². The summed E-state index contributed by atoms with van der Waals surface area (Å²) in [6, 6.07) is 1.76. The highest BCUT2D eigenvalue weighted by Crippen LogP contribution is 2.18. The molecule has 0 atom stereocenters. The Kier molecular flexibility index (Phi) is 5.32. The Hall–Kier alpha value is -1.03. The third-order valence-electron chi connectivity index (χ3n) is 2.40. The lowest BCUT2D eigenvalue weighted by Crippen LogP contribution is -2.24. The Morgan fingerprint density at radius 2 is 2.25 bits per heavy atom. The van der Waals surface area contributed by atoms with E-state index in [-0.39, 0.29) is 5.91 Å². The molecule has 0 bridgehead atoms. The molecule has 3 nitrogen and oxygen atoms in total. The SMILES string of the molecule is CC(C)CCCCNC(=O)c1sccc1N. The molecule has 0 aliphatic heterocycles. The Labute approximate surface area is 101 Å². The van der Waals surface area contributed by atoms with Crippen LogP contribution in [0.4, 0.5) is 5.69 Å². The first kappa shape index (κ1) is 13.0. The quantitative estimate of drug-likeness (QED) is 0.751. The minimum atomic E-state index is -0.0444. The molecule has 1 amide bonds. The van der Waals surface area contributed by atoms with Crippen LogP contribution in [0, 0.1) is 5.92 Å². The van der Waals surface area contributed by atoms with Crippen LogP contribution in [-0.4, -0.2) is 12.5 Å². The normalized spacial score (nSPS) is 10.7. The molecule has 0 aliphatic rings. The molecule has 4 heteroatoms. The maximum absolute atomic E-state index is 11.6. The van der Waals surface area contributed by atoms with Crippen LogP contribution < -0.4 is 11.1 Å². The van der Waals surface area contributed by atoms with Crippen LogP contribution >= 0.6 is 11.3 Å². The van der Waals surface area contributed by atoms with E-state index in [2.05, 4.69) is 19.2 Å². The van der Waals surface area contributed by atoms with E-state index >= 15 is 0 Å². The lowest BCUT2D eigenvalue weighted by molar-refractivity contribution is 0.0957. The number of carbonyl (C=O) groups is 1. The summed E-state index contributed by atoms with van der Waals surface area (Å²) >= 11 is 1.39. The molecule has 0 spiro atoms. The zero-order valence-electron chi connectivity index (χ0n) is 9.95. The number of carbonyl (C=O) groups excluding carboxylic acids is 1. The second-order valence-electron chi connectivity index (χ2n) is 4.35. The first-order chi connectivity index (χ1) is 7.61. The van der Waals surface area contributed by atoms with Crippen LogP contribution in [0.2, 0.25) is 0 Å². The standard InChI is InChI=1S/C12H20N2OS/c1-9(2)5-3-4-7-14-12(15)11-10(13)6-8-16-11/h6,8-9H,3-5,7,13H2,1-2H3,(H,14,15). The maximum Gasteiger partial charge on any atom is 0.263 e. The predicted octanol–water partition coefficient (Wildman–Crippen LogP) is 2.89. The molecule has 0 fully saturated rings. The number of thiophene rings is 1. The van der Waals surface area contributed by atoms with Gasteiger partial charge in [0.1, 0.15) is 4.88 Å². The van der Waals surface area contributed by atoms with Crippen molar-refractivity contribution in [3.63, 3.8) is 0 Å². The lowest BCUT2D eigenvalue weighted by Gasteiger charge is -2.06. The summed E-state index contributed by atoms with van der Waals surface area (Å²) < 4.78 is 0. The van der Waals surface area contributed by atoms with Crippen LogP contribution in [0.1, 0.15) is 42.8 Å². The molecule has 3 N–H and O–H groups in total. The second kappa shape index (κ2) is 6.53. The summed E-state index contributed by atoms with van der Waals surface area (Å²) in [7, 11) is 0. The molecule has 0 radical (unpaired) electrons. The molecule has 1 heterocycles. The topological polar surface area (TPSA) is 55.1 Å². The molecule has 1 rings (SSSR count). The number of anilines is 1. The Morgan fingerprint density at radius 3 is 2.81 bits per heavy atom. The van der Waals surface area contributed by atoms with E-state index in [0.29, 0.717) is 10.6 Å². The fraction of sp³-hybridized carbons (Fsp3) is 0.583. The van der Waals surface area contributed by atoms with E-state index in [1.807, 2.05) is 5.38 Å². The van der Waals surface area contributed by atoms with Crippen LogP contribution in [0.15, 0.2) is 11.4 Å². The number of nitrogens with two attached hydrogens (primary N) is 1. The average molecular weight is 240 g/mol. The van der Waals surface area contributed by atoms with Crippen molar-refractivity contribution >= 4 is 22.9 Å². The molecule has 1 aromatic rings. The number of unbranched alkanes of at least 4 members (excludes halogenated alkanes) is 1. The van der Waals surface area contributed by atoms with Crippen LogP contribution in [0.5, 0.6) is 0 Å². The van der Waals surface area contributed by atoms with E-state index < -0.39 is 0 Å². The minimum Gasteiger partial charge on any atom is -0.397 e. The van der Waals surface area contributed by atoms with Gasteiger partial charge in [-0.1, -0.05) is 26.7 Å². The molecule has 0 saturated carbocycles. The van der Waals surface area contributed by atoms with E-state index in [4.69, 9.17) is 5.73 Å². The van der Waals surface area contributed by atoms with Crippen molar-refractivity contribution in [1.82, 2.24) is 5.32 Å². The van der Waals surface area contributed by atoms with Crippen molar-refractivity contribution in [2.45, 2.75) is 33.1 Å². The first-order valence-corrected chi connectivity index (χ1v) is 6.60. The van der Waals surface area contributed by atoms with E-state index in [1.165, 1.54) is 17.8 Å². The van der Waals surface area contributed by atoms with E-state index in [9.17, 15) is 4.79 Å². The Balaban J connectivity index is 2.19. The average Bonchev–Trinajstić information content (AvgIpc) is 2.63. The highest BCUT2D eigenvalue weighted by atomic mass is 32.1. The summed E-state index contributed by atoms with van der Waals surface area (Å²) in [5.74, 6) is 0.695. The monoisotopic (exact) mass is 240 g/mol. The first-order valence-electron chi connectivity index (χ1n) is 5.72. The number of rotatable bonds is 6. The minimum absolute atomic E-state index is 0.0444. The largest absolute Gasteiger partial charge is 0.397 e. The summed E-state index contributed by atoms with van der Waals surface area (Å²) in [6.07, 6.45) is 3.42. The van der Waals surface area contributed by atoms with Crippen LogP contribution in [0.3, 0.4) is 0 Å². The van der Waals surface area contributed by atoms with Crippen molar-refractivity contribution in [1.29, 1.82) is 0 Å². The molecule has 0 aliphatic carbocycles. The molecule has 1 aromatic heterocycles. The summed E-state index contributed by atoms with van der Waals surface area (Å²) in [5.41, 5.74) is 6.23. The van der Waals surface area contributed by atoms with Crippen molar-refractivity contribution in [3.8, 4) is 0 Å². The molecule has 0 aromatic carbocycles. The second-order valence-corrected chi connectivity index (χ2v) is 5.27. The number of nitrogens with one attached hydrogen (secondary N) is 1. The summed E-state index contributed by atoms with van der Waals surface area (Å²) in [6.45, 7) is 5.17. The van der Waals surface area contributed by atoms with E-state index in [0.717, 1.165) is 25.3 Å². The van der Waals surface area contributed by atoms with Crippen LogP contribution in [-0.2, 0) is 0 Å². The molecule has 0 saturated heterocycles. The number of hydrogen-bond acceptors (Lipinski definition) is 3. The van der Waals surface area contributed by atoms with Gasteiger partial charge in [0.2, 0.25) is 0 Å². The summed E-state index contributed by atoms with van der Waals surface area (Å²) in [4.78, 5) is 12.3. The van der Waals surface area contributed by atoms with Gasteiger partial charge in [0.25, 0.3) is 5.91 Å². The highest BCUT2D eigenvalue weighted by Gasteiger charge is 2.09. The Morgan fingerprint density at radius 1 is 1.50 bits per heavy atom. The molecule has 0 unspecified atom stereocenters. The van der Waals surface area contributed by atoms with Gasteiger partial charge >= 0.3 is 0 Å². The van der Waals surface area contributed by atoms with Gasteiger partial charge in [-0.3, -0.25) is 4.79 Å². The number of hydrogen-bond donors (Lipinski definition) is 2. The fourth-order valence-corrected chi connectivity index (χ4v) is 2.20. The number of nitrogen functional groups attached to an aromatic ring is 1.